The number of nitrogens with zero attached hydrogens (tertiary/aromatic N) is 3. The van der Waals surface area contributed by atoms with Crippen LogP contribution in [0.2, 0.25) is 0 Å². The van der Waals surface area contributed by atoms with E-state index in [0.29, 0.717) is 19.6 Å². The van der Waals surface area contributed by atoms with Crippen LogP contribution >= 0.6 is 11.3 Å². The summed E-state index contributed by atoms with van der Waals surface area (Å²) >= 11 is 1.74. The van der Waals surface area contributed by atoms with Gasteiger partial charge in [-0.2, -0.15) is 0 Å². The molecule has 0 radical (unpaired) electrons. The van der Waals surface area contributed by atoms with Crippen LogP contribution < -0.4 is 5.32 Å². The molecule has 3 heterocycles. The molecule has 0 aliphatic carbocycles. The fourth-order valence-electron chi connectivity index (χ4n) is 4.29. The number of thiophene rings is 1. The third-order valence-corrected chi connectivity index (χ3v) is 6.94. The Bertz CT molecular complexity index is 819. The van der Waals surface area contributed by atoms with E-state index in [2.05, 4.69) is 37.5 Å². The first-order valence-electron chi connectivity index (χ1n) is 10.8. The summed E-state index contributed by atoms with van der Waals surface area (Å²) in [5.74, 6) is 0.291. The second kappa shape index (κ2) is 10.2. The number of carbonyl (C=O) groups is 2. The SMILES string of the molecule is O=C(CN1CCN(CC(=O)N2CCCC2c2cccs2)CC1)NCc1ccccc1. The van der Waals surface area contributed by atoms with Crippen LogP contribution in [0.4, 0.5) is 0 Å². The molecular weight excluding hydrogens is 396 g/mol. The minimum absolute atomic E-state index is 0.0548. The van der Waals surface area contributed by atoms with E-state index < -0.39 is 0 Å². The average Bonchev–Trinajstić information content (AvgIpc) is 3.46. The van der Waals surface area contributed by atoms with Crippen molar-refractivity contribution >= 4 is 23.2 Å². The topological polar surface area (TPSA) is 55.9 Å². The average molecular weight is 427 g/mol. The van der Waals surface area contributed by atoms with Gasteiger partial charge >= 0.3 is 0 Å². The van der Waals surface area contributed by atoms with Crippen molar-refractivity contribution in [3.05, 3.63) is 58.3 Å². The number of carbonyl (C=O) groups excluding carboxylic acids is 2. The molecule has 2 saturated heterocycles. The summed E-state index contributed by atoms with van der Waals surface area (Å²) in [5.41, 5.74) is 1.11. The number of hydrogen-bond acceptors (Lipinski definition) is 5. The van der Waals surface area contributed by atoms with E-state index in [0.717, 1.165) is 51.1 Å². The van der Waals surface area contributed by atoms with E-state index in [4.69, 9.17) is 0 Å². The Balaban J connectivity index is 1.18. The molecule has 160 valence electrons. The minimum Gasteiger partial charge on any atom is -0.351 e. The summed E-state index contributed by atoms with van der Waals surface area (Å²) in [6.45, 7) is 5.63. The zero-order valence-corrected chi connectivity index (χ0v) is 18.2. The molecular formula is C23H30N4O2S. The quantitative estimate of drug-likeness (QED) is 0.739. The number of benzene rings is 1. The van der Waals surface area contributed by atoms with E-state index in [1.165, 1.54) is 4.88 Å². The van der Waals surface area contributed by atoms with Crippen LogP contribution in [0.5, 0.6) is 0 Å². The number of rotatable bonds is 7. The van der Waals surface area contributed by atoms with Gasteiger partial charge in [-0.05, 0) is 29.9 Å². The first kappa shape index (κ1) is 21.0. The molecule has 30 heavy (non-hydrogen) atoms. The lowest BCUT2D eigenvalue weighted by molar-refractivity contribution is -0.134. The lowest BCUT2D eigenvalue weighted by atomic mass is 10.2. The lowest BCUT2D eigenvalue weighted by Gasteiger charge is -2.35. The molecule has 1 atom stereocenters. The van der Waals surface area contributed by atoms with E-state index in [1.54, 1.807) is 11.3 Å². The number of likely N-dealkylation sites (tertiary alicyclic amines) is 1. The summed E-state index contributed by atoms with van der Waals surface area (Å²) in [4.78, 5) is 32.9. The first-order chi connectivity index (χ1) is 14.7. The zero-order valence-electron chi connectivity index (χ0n) is 17.3. The standard InChI is InChI=1S/C23H30N4O2S/c28-22(24-16-19-6-2-1-3-7-19)17-25-11-13-26(14-12-25)18-23(29)27-10-4-8-20(27)21-9-5-15-30-21/h1-3,5-7,9,15,20H,4,8,10-14,16-18H2,(H,24,28). The number of nitrogens with one attached hydrogen (secondary N) is 1. The van der Waals surface area contributed by atoms with Gasteiger partial charge in [0.15, 0.2) is 0 Å². The molecule has 6 nitrogen and oxygen atoms in total. The fraction of sp³-hybridized carbons (Fsp3) is 0.478. The van der Waals surface area contributed by atoms with Gasteiger partial charge in [-0.25, -0.2) is 0 Å². The Labute approximate surface area is 182 Å². The van der Waals surface area contributed by atoms with E-state index in [-0.39, 0.29) is 17.9 Å². The van der Waals surface area contributed by atoms with Crippen molar-refractivity contribution in [2.75, 3.05) is 45.8 Å². The second-order valence-electron chi connectivity index (χ2n) is 8.08. The molecule has 1 aromatic heterocycles. The minimum atomic E-state index is 0.0548. The van der Waals surface area contributed by atoms with Crippen LogP contribution in [-0.2, 0) is 16.1 Å². The summed E-state index contributed by atoms with van der Waals surface area (Å²) < 4.78 is 0. The summed E-state index contributed by atoms with van der Waals surface area (Å²) in [6.07, 6.45) is 2.15. The van der Waals surface area contributed by atoms with Crippen LogP contribution in [0.25, 0.3) is 0 Å². The van der Waals surface area contributed by atoms with Crippen LogP contribution in [-0.4, -0.2) is 72.3 Å². The Hall–Kier alpha value is -2.22. The van der Waals surface area contributed by atoms with Crippen molar-refractivity contribution < 1.29 is 9.59 Å². The molecule has 1 unspecified atom stereocenters. The van der Waals surface area contributed by atoms with Gasteiger partial charge in [0.1, 0.15) is 0 Å². The smallest absolute Gasteiger partial charge is 0.237 e. The van der Waals surface area contributed by atoms with Crippen molar-refractivity contribution in [2.24, 2.45) is 0 Å². The van der Waals surface area contributed by atoms with E-state index in [9.17, 15) is 9.59 Å². The van der Waals surface area contributed by atoms with E-state index in [1.807, 2.05) is 30.3 Å². The van der Waals surface area contributed by atoms with Gasteiger partial charge in [0, 0.05) is 44.1 Å². The third kappa shape index (κ3) is 5.47. The van der Waals surface area contributed by atoms with Crippen molar-refractivity contribution in [3.8, 4) is 0 Å². The zero-order chi connectivity index (χ0) is 20.8. The predicted octanol–water partition coefficient (Wildman–Crippen LogP) is 2.35. The van der Waals surface area contributed by atoms with Crippen LogP contribution in [0.1, 0.15) is 29.3 Å². The number of piperazine rings is 1. The molecule has 2 amide bonds. The Morgan fingerprint density at radius 2 is 1.67 bits per heavy atom. The molecule has 2 aliphatic heterocycles. The molecule has 1 aromatic carbocycles. The largest absolute Gasteiger partial charge is 0.351 e. The highest BCUT2D eigenvalue weighted by molar-refractivity contribution is 7.10. The summed E-state index contributed by atoms with van der Waals surface area (Å²) in [7, 11) is 0. The highest BCUT2D eigenvalue weighted by atomic mass is 32.1. The van der Waals surface area contributed by atoms with Crippen molar-refractivity contribution in [3.63, 3.8) is 0 Å². The highest BCUT2D eigenvalue weighted by Crippen LogP contribution is 2.34. The van der Waals surface area contributed by atoms with Crippen LogP contribution in [0.15, 0.2) is 47.8 Å². The Kier molecular flexibility index (Phi) is 7.15. The molecule has 2 aliphatic rings. The molecule has 7 heteroatoms. The summed E-state index contributed by atoms with van der Waals surface area (Å²) in [6, 6.07) is 14.4. The molecule has 0 bridgehead atoms. The van der Waals surface area contributed by atoms with Gasteiger partial charge in [0.2, 0.25) is 11.8 Å². The van der Waals surface area contributed by atoms with Gasteiger partial charge in [-0.1, -0.05) is 36.4 Å². The third-order valence-electron chi connectivity index (χ3n) is 5.97. The Morgan fingerprint density at radius 3 is 2.37 bits per heavy atom. The van der Waals surface area contributed by atoms with E-state index >= 15 is 0 Å². The molecule has 2 fully saturated rings. The maximum atomic E-state index is 12.9. The molecule has 0 saturated carbocycles. The maximum Gasteiger partial charge on any atom is 0.237 e. The van der Waals surface area contributed by atoms with Crippen molar-refractivity contribution in [2.45, 2.75) is 25.4 Å². The van der Waals surface area contributed by atoms with Crippen LogP contribution in [0.3, 0.4) is 0 Å². The molecule has 4 rings (SSSR count). The number of amides is 2. The van der Waals surface area contributed by atoms with Gasteiger partial charge in [-0.3, -0.25) is 19.4 Å². The second-order valence-corrected chi connectivity index (χ2v) is 9.05. The van der Waals surface area contributed by atoms with Crippen molar-refractivity contribution in [1.29, 1.82) is 0 Å². The maximum absolute atomic E-state index is 12.9. The summed E-state index contributed by atoms with van der Waals surface area (Å²) in [5, 5.41) is 5.08. The van der Waals surface area contributed by atoms with Crippen LogP contribution in [0, 0.1) is 0 Å². The van der Waals surface area contributed by atoms with Gasteiger partial charge < -0.3 is 10.2 Å². The first-order valence-corrected chi connectivity index (χ1v) is 11.7. The van der Waals surface area contributed by atoms with Crippen molar-refractivity contribution in [1.82, 2.24) is 20.0 Å². The lowest BCUT2D eigenvalue weighted by Crippen LogP contribution is -2.51. The highest BCUT2D eigenvalue weighted by Gasteiger charge is 2.31. The monoisotopic (exact) mass is 426 g/mol. The number of hydrogen-bond donors (Lipinski definition) is 1. The molecule has 0 spiro atoms. The Morgan fingerprint density at radius 1 is 0.933 bits per heavy atom. The van der Waals surface area contributed by atoms with Gasteiger partial charge in [0.05, 0.1) is 19.1 Å². The van der Waals surface area contributed by atoms with Gasteiger partial charge in [0.25, 0.3) is 0 Å². The normalized spacial score (nSPS) is 20.4. The predicted molar refractivity (Wildman–Crippen MR) is 119 cm³/mol. The molecule has 1 N–H and O–H groups in total. The molecule has 2 aromatic rings. The fourth-order valence-corrected chi connectivity index (χ4v) is 5.16. The van der Waals surface area contributed by atoms with Gasteiger partial charge in [-0.15, -0.1) is 11.3 Å².